The van der Waals surface area contributed by atoms with Gasteiger partial charge >= 0.3 is 11.9 Å². The van der Waals surface area contributed by atoms with Gasteiger partial charge in [0.25, 0.3) is 0 Å². The molecule has 5 heteroatoms. The van der Waals surface area contributed by atoms with Crippen molar-refractivity contribution in [2.24, 2.45) is 0 Å². The highest BCUT2D eigenvalue weighted by Gasteiger charge is 2.11. The fourth-order valence-electron chi connectivity index (χ4n) is 1.82. The van der Waals surface area contributed by atoms with Crippen molar-refractivity contribution in [1.82, 2.24) is 0 Å². The molecule has 2 aromatic carbocycles. The van der Waals surface area contributed by atoms with Gasteiger partial charge in [0.15, 0.2) is 0 Å². The second kappa shape index (κ2) is 7.70. The maximum atomic E-state index is 12.0. The molecule has 0 radical (unpaired) electrons. The zero-order chi connectivity index (χ0) is 16.7. The zero-order valence-corrected chi connectivity index (χ0v) is 12.4. The van der Waals surface area contributed by atoms with Crippen molar-refractivity contribution >= 4 is 29.0 Å². The Kier molecular flexibility index (Phi) is 5.41. The van der Waals surface area contributed by atoms with E-state index in [1.54, 1.807) is 12.1 Å². The van der Waals surface area contributed by atoms with E-state index in [0.29, 0.717) is 12.0 Å². The molecule has 0 N–H and O–H groups in total. The van der Waals surface area contributed by atoms with E-state index < -0.39 is 11.9 Å². The highest BCUT2D eigenvalue weighted by atomic mass is 16.5. The number of fused-ring (bicyclic) bond motifs is 1. The van der Waals surface area contributed by atoms with Crippen LogP contribution in [0.2, 0.25) is 0 Å². The molecule has 2 rings (SSSR count). The van der Waals surface area contributed by atoms with E-state index in [1.165, 1.54) is 6.92 Å². The summed E-state index contributed by atoms with van der Waals surface area (Å²) in [5.74, 6) is -0.962. The number of ether oxygens (including phenoxy) is 2. The number of esters is 2. The van der Waals surface area contributed by atoms with Crippen molar-refractivity contribution in [3.63, 3.8) is 0 Å². The van der Waals surface area contributed by atoms with Gasteiger partial charge in [0.2, 0.25) is 0 Å². The van der Waals surface area contributed by atoms with Crippen LogP contribution in [0, 0.1) is 0 Å². The first kappa shape index (κ1) is 16.2. The lowest BCUT2D eigenvalue weighted by molar-refractivity contribution is -0.133. The first-order valence-corrected chi connectivity index (χ1v) is 6.81. The van der Waals surface area contributed by atoms with Gasteiger partial charge in [-0.05, 0) is 24.5 Å². The number of hydrogen-bond donors (Lipinski definition) is 0. The van der Waals surface area contributed by atoms with E-state index in [-0.39, 0.29) is 5.57 Å². The molecule has 0 saturated heterocycles. The zero-order valence-electron chi connectivity index (χ0n) is 12.4. The van der Waals surface area contributed by atoms with Crippen molar-refractivity contribution in [2.75, 3.05) is 0 Å². The Bertz CT molecular complexity index is 797. The van der Waals surface area contributed by atoms with Gasteiger partial charge in [0.05, 0.1) is 5.57 Å². The van der Waals surface area contributed by atoms with Crippen molar-refractivity contribution < 1.29 is 23.9 Å². The molecule has 0 heterocycles. The van der Waals surface area contributed by atoms with E-state index in [0.717, 1.165) is 29.2 Å². The van der Waals surface area contributed by atoms with Crippen LogP contribution >= 0.6 is 0 Å². The van der Waals surface area contributed by atoms with Crippen LogP contribution < -0.4 is 4.74 Å². The Morgan fingerprint density at radius 1 is 1.04 bits per heavy atom. The number of carbonyl (C=O) groups excluding carboxylic acids is 3. The monoisotopic (exact) mass is 310 g/mol. The maximum Gasteiger partial charge on any atom is 0.342 e. The summed E-state index contributed by atoms with van der Waals surface area (Å²) in [6.45, 7) is 1.46. The summed E-state index contributed by atoms with van der Waals surface area (Å²) in [6, 6.07) is 12.9. The van der Waals surface area contributed by atoms with Gasteiger partial charge in [-0.15, -0.1) is 0 Å². The Morgan fingerprint density at radius 3 is 2.57 bits per heavy atom. The lowest BCUT2D eigenvalue weighted by atomic mass is 10.1. The molecule has 23 heavy (non-hydrogen) atoms. The van der Waals surface area contributed by atoms with Gasteiger partial charge in [0.1, 0.15) is 18.3 Å². The molecular weight excluding hydrogens is 296 g/mol. The van der Waals surface area contributed by atoms with Gasteiger partial charge < -0.3 is 9.47 Å². The van der Waals surface area contributed by atoms with Crippen LogP contribution in [-0.2, 0) is 19.1 Å². The summed E-state index contributed by atoms with van der Waals surface area (Å²) >= 11 is 0. The predicted molar refractivity (Wildman–Crippen MR) is 84.6 cm³/mol. The molecule has 0 aliphatic carbocycles. The molecule has 5 nitrogen and oxygen atoms in total. The van der Waals surface area contributed by atoms with E-state index >= 15 is 0 Å². The number of carbonyl (C=O) groups is 3. The third-order valence-corrected chi connectivity index (χ3v) is 2.94. The Labute approximate surface area is 132 Å². The lowest BCUT2D eigenvalue weighted by Gasteiger charge is -2.07. The highest BCUT2D eigenvalue weighted by molar-refractivity contribution is 5.95. The van der Waals surface area contributed by atoms with Gasteiger partial charge in [-0.1, -0.05) is 36.4 Å². The minimum atomic E-state index is -0.755. The second-order valence-corrected chi connectivity index (χ2v) is 4.60. The fourth-order valence-corrected chi connectivity index (χ4v) is 1.82. The summed E-state index contributed by atoms with van der Waals surface area (Å²) in [4.78, 5) is 33.3. The molecule has 0 amide bonds. The normalized spacial score (nSPS) is 11.4. The summed E-state index contributed by atoms with van der Waals surface area (Å²) < 4.78 is 10.0. The molecule has 0 spiro atoms. The molecule has 0 aliphatic rings. The predicted octanol–water partition coefficient (Wildman–Crippen LogP) is 2.95. The van der Waals surface area contributed by atoms with E-state index in [2.05, 4.69) is 0 Å². The van der Waals surface area contributed by atoms with Crippen LogP contribution in [0.5, 0.6) is 5.75 Å². The summed E-state index contributed by atoms with van der Waals surface area (Å²) in [5, 5.41) is 1.76. The van der Waals surface area contributed by atoms with Crippen LogP contribution in [-0.4, -0.2) is 18.2 Å². The molecule has 0 atom stereocenters. The van der Waals surface area contributed by atoms with Crippen molar-refractivity contribution in [1.29, 1.82) is 0 Å². The third-order valence-electron chi connectivity index (χ3n) is 2.94. The minimum absolute atomic E-state index is 0.116. The Balaban J connectivity index is 2.10. The molecule has 0 unspecified atom stereocenters. The van der Waals surface area contributed by atoms with Gasteiger partial charge in [-0.3, -0.25) is 4.79 Å². The number of hydrogen-bond acceptors (Lipinski definition) is 5. The molecule has 0 aliphatic heterocycles. The average molecular weight is 310 g/mol. The van der Waals surface area contributed by atoms with Crippen LogP contribution in [0.4, 0.5) is 0 Å². The fraction of sp³-hybridized carbons (Fsp3) is 0.0556. The topological polar surface area (TPSA) is 69.7 Å². The van der Waals surface area contributed by atoms with Crippen LogP contribution in [0.1, 0.15) is 6.92 Å². The van der Waals surface area contributed by atoms with E-state index in [9.17, 15) is 14.4 Å². The van der Waals surface area contributed by atoms with Gasteiger partial charge in [-0.2, -0.15) is 0 Å². The number of aldehydes is 1. The first-order chi connectivity index (χ1) is 11.1. The van der Waals surface area contributed by atoms with Crippen LogP contribution in [0.25, 0.3) is 10.8 Å². The molecule has 0 aromatic heterocycles. The third kappa shape index (κ3) is 4.38. The Hall–Kier alpha value is -3.21. The van der Waals surface area contributed by atoms with E-state index in [1.807, 2.05) is 30.3 Å². The SMILES string of the molecule is C/C(=C\OC(=O)/C=C\C=O)C(=O)Oc1cccc2ccccc12. The van der Waals surface area contributed by atoms with Crippen LogP contribution in [0.15, 0.2) is 66.5 Å². The summed E-state index contributed by atoms with van der Waals surface area (Å²) in [6.07, 6.45) is 3.39. The number of benzene rings is 2. The molecule has 0 bridgehead atoms. The molecule has 0 fully saturated rings. The van der Waals surface area contributed by atoms with Gasteiger partial charge in [0, 0.05) is 11.5 Å². The summed E-state index contributed by atoms with van der Waals surface area (Å²) in [7, 11) is 0. The average Bonchev–Trinajstić information content (AvgIpc) is 2.58. The number of allylic oxidation sites excluding steroid dienone is 1. The molecule has 0 saturated carbocycles. The number of rotatable bonds is 5. The van der Waals surface area contributed by atoms with E-state index in [4.69, 9.17) is 9.47 Å². The van der Waals surface area contributed by atoms with Crippen LogP contribution in [0.3, 0.4) is 0 Å². The Morgan fingerprint density at radius 2 is 1.78 bits per heavy atom. The second-order valence-electron chi connectivity index (χ2n) is 4.60. The maximum absolute atomic E-state index is 12.0. The molecular formula is C18H14O5. The molecule has 116 valence electrons. The minimum Gasteiger partial charge on any atom is -0.431 e. The first-order valence-electron chi connectivity index (χ1n) is 6.81. The smallest absolute Gasteiger partial charge is 0.342 e. The lowest BCUT2D eigenvalue weighted by Crippen LogP contribution is -2.10. The standard InChI is InChI=1S/C18H14O5/c1-13(12-22-17(20)10-5-11-19)18(21)23-16-9-4-7-14-6-2-3-8-15(14)16/h2-12H,1H3/b10-5-,13-12+. The van der Waals surface area contributed by atoms with Gasteiger partial charge in [-0.25, -0.2) is 9.59 Å². The van der Waals surface area contributed by atoms with Crippen molar-refractivity contribution in [2.45, 2.75) is 6.92 Å². The largest absolute Gasteiger partial charge is 0.431 e. The van der Waals surface area contributed by atoms with Crippen molar-refractivity contribution in [3.05, 3.63) is 66.5 Å². The summed E-state index contributed by atoms with van der Waals surface area (Å²) in [5.41, 5.74) is 0.116. The quantitative estimate of drug-likeness (QED) is 0.279. The van der Waals surface area contributed by atoms with Crippen molar-refractivity contribution in [3.8, 4) is 5.75 Å². The highest BCUT2D eigenvalue weighted by Crippen LogP contribution is 2.25. The molecule has 2 aromatic rings.